The van der Waals surface area contributed by atoms with Crippen molar-refractivity contribution in [2.24, 2.45) is 5.73 Å². The van der Waals surface area contributed by atoms with E-state index in [0.717, 1.165) is 10.0 Å². The summed E-state index contributed by atoms with van der Waals surface area (Å²) in [7, 11) is 0. The van der Waals surface area contributed by atoms with Crippen LogP contribution < -0.4 is 10.5 Å². The van der Waals surface area contributed by atoms with Crippen LogP contribution in [0.2, 0.25) is 0 Å². The van der Waals surface area contributed by atoms with Crippen molar-refractivity contribution in [2.75, 3.05) is 6.61 Å². The molecule has 1 aliphatic heterocycles. The van der Waals surface area contributed by atoms with Gasteiger partial charge in [-0.05, 0) is 28.4 Å². The third-order valence-electron chi connectivity index (χ3n) is 2.42. The number of halogens is 1. The van der Waals surface area contributed by atoms with Crippen molar-refractivity contribution in [3.63, 3.8) is 0 Å². The average Bonchev–Trinajstić information content (AvgIpc) is 2.31. The van der Waals surface area contributed by atoms with Crippen LogP contribution in [0, 0.1) is 0 Å². The number of nitrogens with two attached hydrogens (primary N) is 1. The monoisotopic (exact) mass is 257 g/mol. The molecule has 2 atom stereocenters. The Morgan fingerprint density at radius 3 is 3.07 bits per heavy atom. The fraction of sp³-hybridized carbons (Fsp3) is 0.400. The molecule has 0 aliphatic carbocycles. The first kappa shape index (κ1) is 9.96. The van der Waals surface area contributed by atoms with E-state index >= 15 is 0 Å². The highest BCUT2D eigenvalue weighted by Gasteiger charge is 2.25. The molecule has 0 fully saturated rings. The summed E-state index contributed by atoms with van der Waals surface area (Å²) in [6, 6.07) is 5.36. The number of aliphatic hydroxyl groups is 1. The van der Waals surface area contributed by atoms with Gasteiger partial charge >= 0.3 is 0 Å². The lowest BCUT2D eigenvalue weighted by molar-refractivity contribution is 0.145. The van der Waals surface area contributed by atoms with Crippen LogP contribution in [0.5, 0.6) is 5.75 Å². The normalized spacial score (nSPS) is 26.2. The molecule has 3 N–H and O–H groups in total. The lowest BCUT2D eigenvalue weighted by atomic mass is 10.0. The van der Waals surface area contributed by atoms with Gasteiger partial charge in [0.05, 0.1) is 17.2 Å². The Kier molecular flexibility index (Phi) is 2.76. The van der Waals surface area contributed by atoms with Gasteiger partial charge in [0.2, 0.25) is 0 Å². The largest absolute Gasteiger partial charge is 0.492 e. The molecule has 14 heavy (non-hydrogen) atoms. The van der Waals surface area contributed by atoms with Crippen LogP contribution in [0.25, 0.3) is 0 Å². The van der Waals surface area contributed by atoms with Gasteiger partial charge in [0.15, 0.2) is 0 Å². The van der Waals surface area contributed by atoms with Crippen molar-refractivity contribution < 1.29 is 9.84 Å². The lowest BCUT2D eigenvalue weighted by Gasteiger charge is -2.16. The van der Waals surface area contributed by atoms with Crippen LogP contribution in [0.4, 0.5) is 0 Å². The van der Waals surface area contributed by atoms with Gasteiger partial charge in [-0.3, -0.25) is 0 Å². The van der Waals surface area contributed by atoms with Gasteiger partial charge in [0.25, 0.3) is 0 Å². The van der Waals surface area contributed by atoms with Gasteiger partial charge in [-0.25, -0.2) is 0 Å². The van der Waals surface area contributed by atoms with Gasteiger partial charge in [-0.15, -0.1) is 0 Å². The van der Waals surface area contributed by atoms with Crippen molar-refractivity contribution >= 4 is 15.9 Å². The third-order valence-corrected chi connectivity index (χ3v) is 3.04. The van der Waals surface area contributed by atoms with Crippen LogP contribution in [0.15, 0.2) is 22.7 Å². The van der Waals surface area contributed by atoms with Crippen molar-refractivity contribution in [3.8, 4) is 5.75 Å². The van der Waals surface area contributed by atoms with Crippen LogP contribution in [0.1, 0.15) is 18.1 Å². The van der Waals surface area contributed by atoms with E-state index in [9.17, 15) is 5.11 Å². The minimum atomic E-state index is -0.634. The summed E-state index contributed by atoms with van der Waals surface area (Å²) in [5.41, 5.74) is 6.57. The summed E-state index contributed by atoms with van der Waals surface area (Å²) in [5.74, 6) is 0.716. The number of para-hydroxylation sites is 1. The number of fused-ring (bicyclic) bond motifs is 1. The molecule has 0 spiro atoms. The highest BCUT2D eigenvalue weighted by atomic mass is 79.9. The predicted molar refractivity (Wildman–Crippen MR) is 57.2 cm³/mol. The Morgan fingerprint density at radius 2 is 2.29 bits per heavy atom. The van der Waals surface area contributed by atoms with E-state index in [1.54, 1.807) is 0 Å². The van der Waals surface area contributed by atoms with E-state index in [1.807, 2.05) is 18.2 Å². The molecule has 0 saturated heterocycles. The first-order valence-corrected chi connectivity index (χ1v) is 5.34. The Morgan fingerprint density at radius 1 is 1.50 bits per heavy atom. The Bertz CT molecular complexity index is 343. The van der Waals surface area contributed by atoms with E-state index in [4.69, 9.17) is 10.5 Å². The summed E-state index contributed by atoms with van der Waals surface area (Å²) in [4.78, 5) is 0. The van der Waals surface area contributed by atoms with Gasteiger partial charge in [-0.1, -0.05) is 12.1 Å². The number of aliphatic hydroxyl groups excluding tert-OH is 1. The number of benzene rings is 1. The summed E-state index contributed by atoms with van der Waals surface area (Å²) in [6.07, 6.45) is 0.0347. The first-order valence-electron chi connectivity index (χ1n) is 4.55. The fourth-order valence-electron chi connectivity index (χ4n) is 1.60. The van der Waals surface area contributed by atoms with Gasteiger partial charge in [-0.2, -0.15) is 0 Å². The summed E-state index contributed by atoms with van der Waals surface area (Å²) >= 11 is 3.39. The average molecular weight is 258 g/mol. The first-order chi connectivity index (χ1) is 6.70. The van der Waals surface area contributed by atoms with E-state index in [0.29, 0.717) is 18.8 Å². The van der Waals surface area contributed by atoms with Crippen LogP contribution in [0.3, 0.4) is 0 Å². The molecule has 0 radical (unpaired) electrons. The van der Waals surface area contributed by atoms with E-state index < -0.39 is 6.10 Å². The zero-order valence-electron chi connectivity index (χ0n) is 7.61. The Hall–Kier alpha value is -0.580. The Balaban J connectivity index is 2.48. The van der Waals surface area contributed by atoms with Crippen molar-refractivity contribution in [1.82, 2.24) is 0 Å². The Labute approximate surface area is 91.0 Å². The van der Waals surface area contributed by atoms with Gasteiger partial charge < -0.3 is 15.6 Å². The maximum atomic E-state index is 9.91. The van der Waals surface area contributed by atoms with Crippen LogP contribution in [-0.2, 0) is 0 Å². The molecule has 0 unspecified atom stereocenters. The highest BCUT2D eigenvalue weighted by molar-refractivity contribution is 9.10. The molecule has 4 heteroatoms. The summed E-state index contributed by atoms with van der Waals surface area (Å²) in [6.45, 7) is 0.549. The minimum absolute atomic E-state index is 0.245. The van der Waals surface area contributed by atoms with E-state index in [-0.39, 0.29) is 6.04 Å². The predicted octanol–water partition coefficient (Wildman–Crippen LogP) is 1.59. The molecule has 1 aromatic carbocycles. The molecule has 1 aliphatic rings. The maximum absolute atomic E-state index is 9.91. The van der Waals surface area contributed by atoms with Crippen molar-refractivity contribution in [1.29, 1.82) is 0 Å². The second kappa shape index (κ2) is 3.88. The SMILES string of the molecule is N[C@@H]1CCOc2c(Br)cccc2[C@@H]1O. The minimum Gasteiger partial charge on any atom is -0.492 e. The molecule has 2 rings (SSSR count). The van der Waals surface area contributed by atoms with Crippen LogP contribution >= 0.6 is 15.9 Å². The molecule has 0 amide bonds. The smallest absolute Gasteiger partial charge is 0.139 e. The molecular weight excluding hydrogens is 246 g/mol. The van der Waals surface area contributed by atoms with Crippen molar-refractivity contribution in [3.05, 3.63) is 28.2 Å². The zero-order chi connectivity index (χ0) is 10.1. The van der Waals surface area contributed by atoms with E-state index in [1.165, 1.54) is 0 Å². The zero-order valence-corrected chi connectivity index (χ0v) is 9.20. The molecule has 1 heterocycles. The maximum Gasteiger partial charge on any atom is 0.139 e. The standard InChI is InChI=1S/C10H12BrNO2/c11-7-3-1-2-6-9(13)8(12)4-5-14-10(6)7/h1-3,8-9,13H,4-5,12H2/t8-,9+/m1/s1. The topological polar surface area (TPSA) is 55.5 Å². The quantitative estimate of drug-likeness (QED) is 0.743. The number of ether oxygens (including phenoxy) is 1. The third kappa shape index (κ3) is 1.65. The molecule has 0 aromatic heterocycles. The van der Waals surface area contributed by atoms with Gasteiger partial charge in [0, 0.05) is 11.6 Å². The number of hydrogen-bond donors (Lipinski definition) is 2. The summed E-state index contributed by atoms with van der Waals surface area (Å²) < 4.78 is 6.40. The molecule has 1 aromatic rings. The highest BCUT2D eigenvalue weighted by Crippen LogP contribution is 2.36. The fourth-order valence-corrected chi connectivity index (χ4v) is 2.09. The number of hydrogen-bond acceptors (Lipinski definition) is 3. The number of rotatable bonds is 0. The van der Waals surface area contributed by atoms with E-state index in [2.05, 4.69) is 15.9 Å². The molecule has 3 nitrogen and oxygen atoms in total. The molecule has 0 saturated carbocycles. The molecular formula is C10H12BrNO2. The lowest BCUT2D eigenvalue weighted by Crippen LogP contribution is -2.28. The van der Waals surface area contributed by atoms with Crippen molar-refractivity contribution in [2.45, 2.75) is 18.6 Å². The summed E-state index contributed by atoms with van der Waals surface area (Å²) in [5, 5.41) is 9.91. The van der Waals surface area contributed by atoms with Gasteiger partial charge in [0.1, 0.15) is 5.75 Å². The second-order valence-corrected chi connectivity index (χ2v) is 4.26. The second-order valence-electron chi connectivity index (χ2n) is 3.40. The molecule has 76 valence electrons. The van der Waals surface area contributed by atoms with Crippen LogP contribution in [-0.4, -0.2) is 17.8 Å². The molecule has 0 bridgehead atoms.